The number of halogens is 3. The number of nitrogens with zero attached hydrogens (tertiary/aromatic N) is 3. The number of alkyl halides is 3. The molecule has 0 bridgehead atoms. The number of aromatic nitrogens is 2. The van der Waals surface area contributed by atoms with Gasteiger partial charge in [0.25, 0.3) is 11.7 Å². The molecule has 1 amide bonds. The summed E-state index contributed by atoms with van der Waals surface area (Å²) < 4.78 is 40.6. The van der Waals surface area contributed by atoms with Gasteiger partial charge in [-0.25, -0.2) is 4.68 Å². The normalized spacial score (nSPS) is 15.5. The Morgan fingerprint density at radius 3 is 2.53 bits per heavy atom. The van der Waals surface area contributed by atoms with Crippen molar-refractivity contribution in [2.75, 3.05) is 7.05 Å². The topological polar surface area (TPSA) is 55.2 Å². The van der Waals surface area contributed by atoms with Crippen molar-refractivity contribution in [3.8, 4) is 5.69 Å². The number of likely N-dealkylation sites (N-methyl/N-ethyl adjacent to an activating group) is 1. The fraction of sp³-hybridized carbons (Fsp3) is 0.292. The first-order chi connectivity index (χ1) is 15.1. The van der Waals surface area contributed by atoms with Crippen LogP contribution in [0.2, 0.25) is 0 Å². The van der Waals surface area contributed by atoms with Crippen LogP contribution in [0.3, 0.4) is 0 Å². The van der Waals surface area contributed by atoms with E-state index in [-0.39, 0.29) is 17.3 Å². The maximum atomic E-state index is 13.1. The van der Waals surface area contributed by atoms with Gasteiger partial charge in [-0.1, -0.05) is 30.3 Å². The number of Topliss-reactive ketones (excluding diaryl/α,β-unsaturated/α-hetero) is 1. The molecule has 0 radical (unpaired) electrons. The third-order valence-electron chi connectivity index (χ3n) is 6.02. The van der Waals surface area contributed by atoms with Gasteiger partial charge in [-0.2, -0.15) is 18.3 Å². The minimum atomic E-state index is -4.50. The third-order valence-corrected chi connectivity index (χ3v) is 6.02. The van der Waals surface area contributed by atoms with Crippen LogP contribution in [0.1, 0.15) is 50.9 Å². The zero-order valence-corrected chi connectivity index (χ0v) is 17.9. The van der Waals surface area contributed by atoms with Crippen molar-refractivity contribution in [2.24, 2.45) is 0 Å². The lowest BCUT2D eigenvalue weighted by Crippen LogP contribution is -2.36. The van der Waals surface area contributed by atoms with Crippen LogP contribution in [0.5, 0.6) is 0 Å². The van der Waals surface area contributed by atoms with Gasteiger partial charge >= 0.3 is 6.18 Å². The largest absolute Gasteiger partial charge is 0.416 e. The molecule has 4 rings (SSSR count). The number of amides is 1. The van der Waals surface area contributed by atoms with Crippen molar-refractivity contribution in [3.63, 3.8) is 0 Å². The first-order valence-corrected chi connectivity index (χ1v) is 10.2. The molecule has 0 saturated heterocycles. The SMILES string of the molecule is Cc1nn(-c2cccc(C(F)(F)F)c2)c(C)c1C(=O)C(=O)N(C)[C@@H]1CCc2ccccc21. The number of benzene rings is 2. The number of hydrogen-bond donors (Lipinski definition) is 0. The number of ketones is 1. The highest BCUT2D eigenvalue weighted by molar-refractivity contribution is 6.43. The fourth-order valence-electron chi connectivity index (χ4n) is 4.38. The molecule has 0 spiro atoms. The van der Waals surface area contributed by atoms with Gasteiger partial charge in [0.05, 0.1) is 34.2 Å². The van der Waals surface area contributed by atoms with E-state index >= 15 is 0 Å². The van der Waals surface area contributed by atoms with Crippen LogP contribution in [-0.2, 0) is 17.4 Å². The van der Waals surface area contributed by atoms with Gasteiger partial charge in [0.15, 0.2) is 0 Å². The highest BCUT2D eigenvalue weighted by atomic mass is 19.4. The lowest BCUT2D eigenvalue weighted by atomic mass is 10.0. The third kappa shape index (κ3) is 3.70. The Labute approximate surface area is 183 Å². The van der Waals surface area contributed by atoms with Crippen molar-refractivity contribution < 1.29 is 22.8 Å². The molecule has 0 fully saturated rings. The molecule has 1 aliphatic carbocycles. The second kappa shape index (κ2) is 7.93. The van der Waals surface area contributed by atoms with Crippen molar-refractivity contribution in [1.82, 2.24) is 14.7 Å². The highest BCUT2D eigenvalue weighted by Gasteiger charge is 2.34. The Morgan fingerprint density at radius 1 is 1.09 bits per heavy atom. The molecule has 1 heterocycles. The maximum absolute atomic E-state index is 13.1. The summed E-state index contributed by atoms with van der Waals surface area (Å²) in [7, 11) is 1.61. The molecule has 5 nitrogen and oxygen atoms in total. The molecule has 0 saturated carbocycles. The molecule has 0 aliphatic heterocycles. The quantitative estimate of drug-likeness (QED) is 0.430. The Balaban J connectivity index is 1.64. The minimum absolute atomic E-state index is 0.116. The lowest BCUT2D eigenvalue weighted by molar-refractivity contribution is -0.137. The average molecular weight is 441 g/mol. The second-order valence-electron chi connectivity index (χ2n) is 8.00. The molecular formula is C24H22F3N3O2. The summed E-state index contributed by atoms with van der Waals surface area (Å²) in [4.78, 5) is 27.7. The van der Waals surface area contributed by atoms with Crippen molar-refractivity contribution >= 4 is 11.7 Å². The van der Waals surface area contributed by atoms with Gasteiger partial charge in [0.2, 0.25) is 0 Å². The van der Waals surface area contributed by atoms with E-state index in [2.05, 4.69) is 5.10 Å². The summed E-state index contributed by atoms with van der Waals surface area (Å²) in [6.07, 6.45) is -2.93. The van der Waals surface area contributed by atoms with E-state index < -0.39 is 23.4 Å². The molecule has 2 aromatic carbocycles. The Bertz CT molecular complexity index is 1210. The second-order valence-corrected chi connectivity index (χ2v) is 8.00. The van der Waals surface area contributed by atoms with Gasteiger partial charge in [0.1, 0.15) is 0 Å². The van der Waals surface area contributed by atoms with Crippen LogP contribution >= 0.6 is 0 Å². The summed E-state index contributed by atoms with van der Waals surface area (Å²) in [5.41, 5.74) is 2.28. The molecule has 3 aromatic rings. The summed E-state index contributed by atoms with van der Waals surface area (Å²) in [6.45, 7) is 3.15. The molecule has 1 aromatic heterocycles. The molecule has 0 N–H and O–H groups in total. The monoisotopic (exact) mass is 441 g/mol. The Kier molecular flexibility index (Phi) is 5.40. The zero-order valence-electron chi connectivity index (χ0n) is 17.9. The standard InChI is InChI=1S/C24H22F3N3O2/c1-14-21(15(2)30(28-14)18-9-6-8-17(13-18)24(25,26)27)22(31)23(32)29(3)20-12-11-16-7-4-5-10-19(16)20/h4-10,13,20H,11-12H2,1-3H3/t20-/m1/s1. The molecule has 1 aliphatic rings. The van der Waals surface area contributed by atoms with E-state index in [1.54, 1.807) is 20.9 Å². The van der Waals surface area contributed by atoms with Crippen LogP contribution < -0.4 is 0 Å². The van der Waals surface area contributed by atoms with E-state index in [4.69, 9.17) is 0 Å². The maximum Gasteiger partial charge on any atom is 0.416 e. The molecule has 32 heavy (non-hydrogen) atoms. The number of rotatable bonds is 4. The predicted molar refractivity (Wildman–Crippen MR) is 113 cm³/mol. The molecule has 8 heteroatoms. The van der Waals surface area contributed by atoms with Crippen molar-refractivity contribution in [1.29, 1.82) is 0 Å². The van der Waals surface area contributed by atoms with Crippen molar-refractivity contribution in [2.45, 2.75) is 38.9 Å². The smallest absolute Gasteiger partial charge is 0.332 e. The minimum Gasteiger partial charge on any atom is -0.332 e. The first-order valence-electron chi connectivity index (χ1n) is 10.2. The number of aryl methyl sites for hydroxylation is 2. The first kappa shape index (κ1) is 21.8. The van der Waals surface area contributed by atoms with E-state index in [1.165, 1.54) is 21.7 Å². The van der Waals surface area contributed by atoms with Gasteiger partial charge in [-0.05, 0) is 56.0 Å². The van der Waals surface area contributed by atoms with Gasteiger partial charge in [-0.15, -0.1) is 0 Å². The summed E-state index contributed by atoms with van der Waals surface area (Å²) in [6, 6.07) is 12.3. The average Bonchev–Trinajstić information content (AvgIpc) is 3.32. The molecule has 166 valence electrons. The summed E-state index contributed by atoms with van der Waals surface area (Å²) in [5, 5.41) is 4.26. The van der Waals surface area contributed by atoms with Crippen LogP contribution in [0.15, 0.2) is 48.5 Å². The molecule has 0 unspecified atom stereocenters. The van der Waals surface area contributed by atoms with Crippen LogP contribution in [0.4, 0.5) is 13.2 Å². The Morgan fingerprint density at radius 2 is 1.81 bits per heavy atom. The van der Waals surface area contributed by atoms with E-state index in [0.29, 0.717) is 11.4 Å². The highest BCUT2D eigenvalue weighted by Crippen LogP contribution is 2.35. The lowest BCUT2D eigenvalue weighted by Gasteiger charge is -2.24. The molecular weight excluding hydrogens is 419 g/mol. The summed E-state index contributed by atoms with van der Waals surface area (Å²) >= 11 is 0. The van der Waals surface area contributed by atoms with Crippen LogP contribution in [0, 0.1) is 13.8 Å². The number of carbonyl (C=O) groups excluding carboxylic acids is 2. The number of fused-ring (bicyclic) bond motifs is 1. The van der Waals surface area contributed by atoms with Gasteiger partial charge < -0.3 is 4.90 Å². The van der Waals surface area contributed by atoms with E-state index in [0.717, 1.165) is 36.1 Å². The van der Waals surface area contributed by atoms with Gasteiger partial charge in [0, 0.05) is 7.05 Å². The summed E-state index contributed by atoms with van der Waals surface area (Å²) in [5.74, 6) is -1.38. The van der Waals surface area contributed by atoms with Crippen molar-refractivity contribution in [3.05, 3.63) is 82.2 Å². The van der Waals surface area contributed by atoms with Gasteiger partial charge in [-0.3, -0.25) is 9.59 Å². The Hall–Kier alpha value is -3.42. The number of carbonyl (C=O) groups is 2. The van der Waals surface area contributed by atoms with Crippen LogP contribution in [0.25, 0.3) is 5.69 Å². The van der Waals surface area contributed by atoms with Crippen LogP contribution in [-0.4, -0.2) is 33.4 Å². The number of hydrogen-bond acceptors (Lipinski definition) is 3. The van der Waals surface area contributed by atoms with E-state index in [9.17, 15) is 22.8 Å². The fourth-order valence-corrected chi connectivity index (χ4v) is 4.38. The molecule has 1 atom stereocenters. The van der Waals surface area contributed by atoms with E-state index in [1.807, 2.05) is 24.3 Å². The predicted octanol–water partition coefficient (Wildman–Crippen LogP) is 4.84. The zero-order chi connectivity index (χ0) is 23.2.